The Morgan fingerprint density at radius 1 is 1.09 bits per heavy atom. The molecule has 9 nitrogen and oxygen atoms in total. The minimum atomic E-state index is -0.370. The van der Waals surface area contributed by atoms with Crippen LogP contribution in [0.5, 0.6) is 0 Å². The van der Waals surface area contributed by atoms with Gasteiger partial charge in [0.1, 0.15) is 11.2 Å². The number of carbonyl (C=O) groups excluding carboxylic acids is 1. The van der Waals surface area contributed by atoms with Gasteiger partial charge in [-0.1, -0.05) is 41.4 Å². The third kappa shape index (κ3) is 4.20. The molecule has 0 radical (unpaired) electrons. The molecule has 0 spiro atoms. The fourth-order valence-corrected chi connectivity index (χ4v) is 3.85. The molecule has 0 aliphatic carbocycles. The average molecular weight is 474 g/mol. The van der Waals surface area contributed by atoms with Crippen molar-refractivity contribution in [3.8, 4) is 11.6 Å². The highest BCUT2D eigenvalue weighted by molar-refractivity contribution is 6.30. The number of carbonyl (C=O) groups is 1. The highest BCUT2D eigenvalue weighted by Gasteiger charge is 2.17. The van der Waals surface area contributed by atoms with Gasteiger partial charge in [-0.3, -0.25) is 14.6 Å². The van der Waals surface area contributed by atoms with Crippen molar-refractivity contribution in [2.75, 3.05) is 5.32 Å². The summed E-state index contributed by atoms with van der Waals surface area (Å²) in [4.78, 5) is 32.8. The third-order valence-electron chi connectivity index (χ3n) is 5.24. The van der Waals surface area contributed by atoms with Crippen LogP contribution in [-0.2, 0) is 11.2 Å². The van der Waals surface area contributed by atoms with Gasteiger partial charge >= 0.3 is 0 Å². The largest absolute Gasteiger partial charge is 0.310 e. The van der Waals surface area contributed by atoms with E-state index in [4.69, 9.17) is 11.6 Å². The standard InChI is InChI=1S/C24H20ClN7O2/c1-14-4-3-5-16(10-14)12-21(33)27-20-11-15(2)30-32(20)24-28-22-19(23(34)29-24)13-26-31(22)18-8-6-17(25)7-9-18/h3-11,13H,12H2,1-2H3,(H,27,33)(H,28,29,34). The number of benzene rings is 2. The van der Waals surface area contributed by atoms with Gasteiger partial charge in [0.2, 0.25) is 11.9 Å². The molecular weight excluding hydrogens is 454 g/mol. The molecule has 5 rings (SSSR count). The van der Waals surface area contributed by atoms with Crippen LogP contribution >= 0.6 is 11.6 Å². The van der Waals surface area contributed by atoms with Crippen molar-refractivity contribution in [2.24, 2.45) is 0 Å². The van der Waals surface area contributed by atoms with Gasteiger partial charge in [0.25, 0.3) is 5.56 Å². The predicted octanol–water partition coefficient (Wildman–Crippen LogP) is 3.75. The normalized spacial score (nSPS) is 11.1. The van der Waals surface area contributed by atoms with E-state index in [1.54, 1.807) is 41.9 Å². The number of nitrogens with one attached hydrogen (secondary N) is 2. The van der Waals surface area contributed by atoms with Crippen LogP contribution in [0, 0.1) is 13.8 Å². The number of hydrogen-bond acceptors (Lipinski definition) is 5. The van der Waals surface area contributed by atoms with Gasteiger partial charge in [0, 0.05) is 11.1 Å². The lowest BCUT2D eigenvalue weighted by atomic mass is 10.1. The van der Waals surface area contributed by atoms with Crippen LogP contribution in [0.25, 0.3) is 22.7 Å². The molecule has 1 amide bonds. The van der Waals surface area contributed by atoms with Gasteiger partial charge in [0.05, 0.1) is 24.0 Å². The van der Waals surface area contributed by atoms with E-state index in [2.05, 4.69) is 25.5 Å². The molecule has 3 aromatic heterocycles. The van der Waals surface area contributed by atoms with E-state index in [1.165, 1.54) is 10.9 Å². The van der Waals surface area contributed by atoms with Gasteiger partial charge in [0.15, 0.2) is 5.65 Å². The van der Waals surface area contributed by atoms with Crippen molar-refractivity contribution in [2.45, 2.75) is 20.3 Å². The van der Waals surface area contributed by atoms with E-state index >= 15 is 0 Å². The SMILES string of the molecule is Cc1cccc(CC(=O)Nc2cc(C)nn2-c2nc3c(cnn3-c3ccc(Cl)cc3)c(=O)[nH]2)c1. The predicted molar refractivity (Wildman–Crippen MR) is 130 cm³/mol. The van der Waals surface area contributed by atoms with Crippen LogP contribution in [0.3, 0.4) is 0 Å². The van der Waals surface area contributed by atoms with E-state index in [0.29, 0.717) is 33.3 Å². The number of anilines is 1. The Labute approximate surface area is 199 Å². The Morgan fingerprint density at radius 2 is 1.88 bits per heavy atom. The number of nitrogens with zero attached hydrogens (tertiary/aromatic N) is 5. The average Bonchev–Trinajstić information content (AvgIpc) is 3.38. The first kappa shape index (κ1) is 21.6. The molecule has 10 heteroatoms. The molecule has 0 saturated heterocycles. The molecule has 0 aliphatic heterocycles. The van der Waals surface area contributed by atoms with Crippen LogP contribution in [0.2, 0.25) is 5.02 Å². The van der Waals surface area contributed by atoms with Gasteiger partial charge in [-0.15, -0.1) is 0 Å². The van der Waals surface area contributed by atoms with Crippen molar-refractivity contribution < 1.29 is 4.79 Å². The number of rotatable bonds is 5. The summed E-state index contributed by atoms with van der Waals surface area (Å²) in [7, 11) is 0. The Hall–Kier alpha value is -4.24. The van der Waals surface area contributed by atoms with Crippen molar-refractivity contribution in [1.82, 2.24) is 29.5 Å². The Morgan fingerprint density at radius 3 is 2.65 bits per heavy atom. The summed E-state index contributed by atoms with van der Waals surface area (Å²) < 4.78 is 2.96. The molecule has 170 valence electrons. The topological polar surface area (TPSA) is 110 Å². The maximum absolute atomic E-state index is 12.8. The molecule has 0 fully saturated rings. The van der Waals surface area contributed by atoms with Crippen LogP contribution in [0.15, 0.2) is 65.6 Å². The number of halogens is 1. The fraction of sp³-hybridized carbons (Fsp3) is 0.125. The lowest BCUT2D eigenvalue weighted by molar-refractivity contribution is -0.115. The number of fused-ring (bicyclic) bond motifs is 1. The van der Waals surface area contributed by atoms with E-state index in [1.807, 2.05) is 31.2 Å². The molecule has 34 heavy (non-hydrogen) atoms. The van der Waals surface area contributed by atoms with E-state index in [0.717, 1.165) is 11.1 Å². The van der Waals surface area contributed by atoms with Crippen molar-refractivity contribution in [1.29, 1.82) is 0 Å². The quantitative estimate of drug-likeness (QED) is 0.404. The summed E-state index contributed by atoms with van der Waals surface area (Å²) in [6.07, 6.45) is 1.66. The maximum Gasteiger partial charge on any atom is 0.263 e. The summed E-state index contributed by atoms with van der Waals surface area (Å²) in [6, 6.07) is 16.5. The molecule has 3 heterocycles. The minimum absolute atomic E-state index is 0.159. The van der Waals surface area contributed by atoms with Crippen LogP contribution in [-0.4, -0.2) is 35.4 Å². The second kappa shape index (κ2) is 8.60. The lowest BCUT2D eigenvalue weighted by Crippen LogP contribution is -2.20. The van der Waals surface area contributed by atoms with Crippen LogP contribution in [0.1, 0.15) is 16.8 Å². The first-order chi connectivity index (χ1) is 16.4. The smallest absolute Gasteiger partial charge is 0.263 e. The molecule has 0 atom stereocenters. The Kier molecular flexibility index (Phi) is 5.46. The summed E-state index contributed by atoms with van der Waals surface area (Å²) in [5.74, 6) is 0.351. The van der Waals surface area contributed by atoms with Crippen LogP contribution in [0.4, 0.5) is 5.82 Å². The number of hydrogen-bond donors (Lipinski definition) is 2. The second-order valence-electron chi connectivity index (χ2n) is 7.96. The first-order valence-electron chi connectivity index (χ1n) is 10.5. The lowest BCUT2D eigenvalue weighted by Gasteiger charge is -2.09. The van der Waals surface area contributed by atoms with Crippen molar-refractivity contribution in [3.05, 3.63) is 93.0 Å². The zero-order valence-electron chi connectivity index (χ0n) is 18.4. The molecule has 0 bridgehead atoms. The third-order valence-corrected chi connectivity index (χ3v) is 5.50. The number of H-pyrrole nitrogens is 1. The van der Waals surface area contributed by atoms with Gasteiger partial charge in [-0.05, 0) is 43.7 Å². The molecule has 0 unspecified atom stereocenters. The van der Waals surface area contributed by atoms with E-state index in [9.17, 15) is 9.59 Å². The highest BCUT2D eigenvalue weighted by Crippen LogP contribution is 2.19. The highest BCUT2D eigenvalue weighted by atomic mass is 35.5. The second-order valence-corrected chi connectivity index (χ2v) is 8.39. The van der Waals surface area contributed by atoms with Crippen molar-refractivity contribution >= 4 is 34.4 Å². The van der Waals surface area contributed by atoms with Gasteiger partial charge < -0.3 is 5.32 Å². The van der Waals surface area contributed by atoms with E-state index < -0.39 is 0 Å². The minimum Gasteiger partial charge on any atom is -0.310 e. The Balaban J connectivity index is 1.51. The van der Waals surface area contributed by atoms with Crippen molar-refractivity contribution in [3.63, 3.8) is 0 Å². The first-order valence-corrected chi connectivity index (χ1v) is 10.9. The number of aromatic amines is 1. The van der Waals surface area contributed by atoms with Gasteiger partial charge in [-0.2, -0.15) is 19.9 Å². The van der Waals surface area contributed by atoms with E-state index in [-0.39, 0.29) is 23.8 Å². The summed E-state index contributed by atoms with van der Waals surface area (Å²) in [5.41, 5.74) is 3.32. The zero-order chi connectivity index (χ0) is 23.8. The molecule has 2 N–H and O–H groups in total. The number of aromatic nitrogens is 6. The molecule has 0 saturated carbocycles. The fourth-order valence-electron chi connectivity index (χ4n) is 3.72. The molecular formula is C24H20ClN7O2. The maximum atomic E-state index is 12.8. The monoisotopic (exact) mass is 473 g/mol. The summed E-state index contributed by atoms with van der Waals surface area (Å²) >= 11 is 6.00. The summed E-state index contributed by atoms with van der Waals surface area (Å²) in [5, 5.41) is 12.5. The molecule has 5 aromatic rings. The number of aryl methyl sites for hydroxylation is 2. The Bertz CT molecular complexity index is 1580. The molecule has 2 aromatic carbocycles. The van der Waals surface area contributed by atoms with Gasteiger partial charge in [-0.25, -0.2) is 4.68 Å². The zero-order valence-corrected chi connectivity index (χ0v) is 19.2. The number of amides is 1. The summed E-state index contributed by atoms with van der Waals surface area (Å²) in [6.45, 7) is 3.77. The van der Waals surface area contributed by atoms with Crippen LogP contribution < -0.4 is 10.9 Å². The molecule has 0 aliphatic rings.